The lowest BCUT2D eigenvalue weighted by molar-refractivity contribution is -0.116. The second-order valence-electron chi connectivity index (χ2n) is 9.02. The Bertz CT molecular complexity index is 1600. The number of amides is 1. The van der Waals surface area contributed by atoms with Crippen molar-refractivity contribution < 1.29 is 19.1 Å². The molecule has 0 saturated heterocycles. The number of thioether (sulfide) groups is 1. The van der Waals surface area contributed by atoms with Crippen LogP contribution in [0, 0.1) is 18.3 Å². The number of aromatic nitrogens is 2. The minimum atomic E-state index is -0.491. The van der Waals surface area contributed by atoms with Gasteiger partial charge in [-0.25, -0.2) is 4.79 Å². The number of nitrogens with two attached hydrogens (primary N) is 1. The summed E-state index contributed by atoms with van der Waals surface area (Å²) in [7, 11) is 1.31. The molecule has 3 aromatic rings. The van der Waals surface area contributed by atoms with Crippen LogP contribution in [0.3, 0.4) is 0 Å². The molecule has 5 rings (SSSR count). The third kappa shape index (κ3) is 5.38. The first-order valence-electron chi connectivity index (χ1n) is 12.3. The minimum absolute atomic E-state index is 0.0120. The topological polar surface area (TPSA) is 151 Å². The Balaban J connectivity index is 1.34. The number of benzene rings is 1. The van der Waals surface area contributed by atoms with E-state index < -0.39 is 11.9 Å². The highest BCUT2D eigenvalue weighted by molar-refractivity contribution is 8.01. The first-order chi connectivity index (χ1) is 19.3. The van der Waals surface area contributed by atoms with Crippen LogP contribution >= 0.6 is 34.4 Å². The Morgan fingerprint density at radius 2 is 1.98 bits per heavy atom. The van der Waals surface area contributed by atoms with Gasteiger partial charge in [0.15, 0.2) is 10.1 Å². The Labute approximate surface area is 242 Å². The van der Waals surface area contributed by atoms with Crippen molar-refractivity contribution >= 4 is 62.9 Å². The monoisotopic (exact) mass is 592 g/mol. The van der Waals surface area contributed by atoms with Crippen molar-refractivity contribution in [1.29, 1.82) is 5.26 Å². The van der Waals surface area contributed by atoms with Crippen molar-refractivity contribution in [1.82, 2.24) is 10.2 Å². The second-order valence-corrected chi connectivity index (χ2v) is 12.5. The maximum Gasteiger partial charge on any atom is 0.337 e. The Hall–Kier alpha value is -3.99. The first-order valence-corrected chi connectivity index (χ1v) is 14.9. The van der Waals surface area contributed by atoms with Crippen LogP contribution in [0.5, 0.6) is 0 Å². The summed E-state index contributed by atoms with van der Waals surface area (Å²) in [4.78, 5) is 41.0. The third-order valence-corrected chi connectivity index (χ3v) is 9.57. The predicted molar refractivity (Wildman–Crippen MR) is 154 cm³/mol. The molecule has 0 spiro atoms. The second kappa shape index (κ2) is 11.6. The summed E-state index contributed by atoms with van der Waals surface area (Å²) in [6, 6.07) is 12.6. The molecule has 1 unspecified atom stereocenters. The maximum absolute atomic E-state index is 13.2. The molecule has 1 amide bonds. The number of nitriles is 1. The van der Waals surface area contributed by atoms with Crippen LogP contribution < -0.4 is 16.0 Å². The molecule has 1 aliphatic carbocycles. The van der Waals surface area contributed by atoms with Gasteiger partial charge < -0.3 is 15.8 Å². The number of hydrogen-bond donors (Lipinski definition) is 2. The zero-order valence-electron chi connectivity index (χ0n) is 21.6. The van der Waals surface area contributed by atoms with Crippen LogP contribution in [-0.2, 0) is 14.3 Å². The zero-order chi connectivity index (χ0) is 28.4. The number of anilines is 2. The van der Waals surface area contributed by atoms with E-state index in [4.69, 9.17) is 5.73 Å². The summed E-state index contributed by atoms with van der Waals surface area (Å²) in [6.45, 7) is 1.99. The highest BCUT2D eigenvalue weighted by Crippen LogP contribution is 2.48. The molecular formula is C27H24N6O4S3. The number of nitrogens with zero attached hydrogens (tertiary/aromatic N) is 4. The number of methoxy groups -OCH3 is 1. The molecule has 0 radical (unpaired) electrons. The number of aryl methyl sites for hydroxylation is 1. The summed E-state index contributed by atoms with van der Waals surface area (Å²) in [6.07, 6.45) is 1.73. The molecule has 1 atom stereocenters. The van der Waals surface area contributed by atoms with E-state index in [-0.39, 0.29) is 23.3 Å². The largest absolute Gasteiger partial charge is 0.465 e. The van der Waals surface area contributed by atoms with Gasteiger partial charge in [0.1, 0.15) is 5.82 Å². The van der Waals surface area contributed by atoms with Crippen LogP contribution in [-0.4, -0.2) is 40.7 Å². The molecule has 3 heterocycles. The van der Waals surface area contributed by atoms with Gasteiger partial charge in [-0.05, 0) is 56.2 Å². The van der Waals surface area contributed by atoms with Crippen LogP contribution in [0.2, 0.25) is 0 Å². The van der Waals surface area contributed by atoms with E-state index in [2.05, 4.69) is 26.3 Å². The number of nitrogens with one attached hydrogen (secondary N) is 1. The van der Waals surface area contributed by atoms with Crippen molar-refractivity contribution in [2.75, 3.05) is 23.1 Å². The Morgan fingerprint density at radius 1 is 1.20 bits per heavy atom. The number of Topliss-reactive ketones (excluding diaryl/α,β-unsaturated/α-hetero) is 1. The Kier molecular flexibility index (Phi) is 8.02. The number of hydrogen-bond acceptors (Lipinski definition) is 12. The van der Waals surface area contributed by atoms with Crippen LogP contribution in [0.25, 0.3) is 0 Å². The van der Waals surface area contributed by atoms with E-state index in [0.717, 1.165) is 15.5 Å². The standard InChI is InChI=1S/C27H24N6O4S3/c1-14-6-11-20(39-14)22-17(12-28)24(29)33(18-4-3-5-19(34)23(18)22)26-31-32-27(40-26)38-13-21(35)30-16-9-7-15(8-10-16)25(36)37-2/h6-11,22H,3-5,13,29H2,1-2H3,(H,30,35). The lowest BCUT2D eigenvalue weighted by Gasteiger charge is -2.37. The third-order valence-electron chi connectivity index (χ3n) is 6.46. The molecule has 0 saturated carbocycles. The summed E-state index contributed by atoms with van der Waals surface area (Å²) in [5.74, 6) is -0.868. The lowest BCUT2D eigenvalue weighted by Crippen LogP contribution is -2.38. The highest BCUT2D eigenvalue weighted by atomic mass is 32.2. The highest BCUT2D eigenvalue weighted by Gasteiger charge is 2.41. The van der Waals surface area contributed by atoms with Crippen molar-refractivity contribution in [2.24, 2.45) is 5.73 Å². The van der Waals surface area contributed by atoms with Gasteiger partial charge >= 0.3 is 5.97 Å². The molecule has 1 aliphatic heterocycles. The van der Waals surface area contributed by atoms with Gasteiger partial charge in [0.05, 0.1) is 36.0 Å². The summed E-state index contributed by atoms with van der Waals surface area (Å²) in [5.41, 5.74) is 9.19. The van der Waals surface area contributed by atoms with Crippen LogP contribution in [0.1, 0.15) is 45.3 Å². The normalized spacial score (nSPS) is 17.0. The molecule has 0 fully saturated rings. The number of ether oxygens (including phenoxy) is 1. The lowest BCUT2D eigenvalue weighted by atomic mass is 9.78. The van der Waals surface area contributed by atoms with E-state index in [1.165, 1.54) is 30.2 Å². The smallest absolute Gasteiger partial charge is 0.337 e. The fraction of sp³-hybridized carbons (Fsp3) is 0.259. The SMILES string of the molecule is COC(=O)c1ccc(NC(=O)CSc2nnc(N3C(N)=C(C#N)C(c4ccc(C)s4)C4=C3CCCC4=O)s2)cc1. The molecule has 2 aliphatic rings. The van der Waals surface area contributed by atoms with Gasteiger partial charge in [0.2, 0.25) is 11.0 Å². The first kappa shape index (κ1) is 27.6. The summed E-state index contributed by atoms with van der Waals surface area (Å²) >= 11 is 4.00. The minimum Gasteiger partial charge on any atom is -0.465 e. The predicted octanol–water partition coefficient (Wildman–Crippen LogP) is 4.73. The number of carbonyl (C=O) groups is 3. The molecule has 13 heteroatoms. The number of rotatable bonds is 7. The molecule has 10 nitrogen and oxygen atoms in total. The van der Waals surface area contributed by atoms with Gasteiger partial charge in [0.25, 0.3) is 0 Å². The number of carbonyl (C=O) groups excluding carboxylic acids is 3. The number of ketones is 1. The van der Waals surface area contributed by atoms with E-state index in [9.17, 15) is 19.6 Å². The quantitative estimate of drug-likeness (QED) is 0.291. The van der Waals surface area contributed by atoms with Crippen molar-refractivity contribution in [3.05, 3.63) is 74.4 Å². The van der Waals surface area contributed by atoms with E-state index >= 15 is 0 Å². The molecular weight excluding hydrogens is 569 g/mol. The fourth-order valence-electron chi connectivity index (χ4n) is 4.68. The van der Waals surface area contributed by atoms with Gasteiger partial charge in [-0.1, -0.05) is 23.1 Å². The zero-order valence-corrected chi connectivity index (χ0v) is 24.0. The van der Waals surface area contributed by atoms with E-state index in [0.29, 0.717) is 51.1 Å². The molecule has 40 heavy (non-hydrogen) atoms. The fourth-order valence-corrected chi connectivity index (χ4v) is 7.36. The van der Waals surface area contributed by atoms with Crippen molar-refractivity contribution in [2.45, 2.75) is 36.4 Å². The van der Waals surface area contributed by atoms with Gasteiger partial charge in [0, 0.05) is 33.1 Å². The number of thiophene rings is 1. The van der Waals surface area contributed by atoms with Crippen LogP contribution in [0.15, 0.2) is 63.4 Å². The summed E-state index contributed by atoms with van der Waals surface area (Å²) in [5, 5.41) is 21.9. The maximum atomic E-state index is 13.2. The molecule has 2 aromatic heterocycles. The molecule has 204 valence electrons. The summed E-state index contributed by atoms with van der Waals surface area (Å²) < 4.78 is 5.22. The van der Waals surface area contributed by atoms with E-state index in [1.807, 2.05) is 19.1 Å². The molecule has 1 aromatic carbocycles. The molecule has 3 N–H and O–H groups in total. The van der Waals surface area contributed by atoms with Gasteiger partial charge in [-0.2, -0.15) is 5.26 Å². The average Bonchev–Trinajstić information content (AvgIpc) is 3.60. The molecule has 0 bridgehead atoms. The number of esters is 1. The average molecular weight is 593 g/mol. The van der Waals surface area contributed by atoms with Gasteiger partial charge in [-0.3, -0.25) is 14.5 Å². The Morgan fingerprint density at radius 3 is 2.65 bits per heavy atom. The van der Waals surface area contributed by atoms with Crippen molar-refractivity contribution in [3.63, 3.8) is 0 Å². The van der Waals surface area contributed by atoms with Crippen LogP contribution in [0.4, 0.5) is 10.8 Å². The van der Waals surface area contributed by atoms with Gasteiger partial charge in [-0.15, -0.1) is 21.5 Å². The van der Waals surface area contributed by atoms with Crippen molar-refractivity contribution in [3.8, 4) is 6.07 Å². The number of allylic oxidation sites excluding steroid dienone is 3. The van der Waals surface area contributed by atoms with E-state index in [1.54, 1.807) is 40.5 Å².